The van der Waals surface area contributed by atoms with Crippen molar-refractivity contribution in [2.45, 2.75) is 26.3 Å². The third-order valence-corrected chi connectivity index (χ3v) is 2.91. The Labute approximate surface area is 107 Å². The first-order chi connectivity index (χ1) is 8.79. The lowest BCUT2D eigenvalue weighted by molar-refractivity contribution is 0.648. The van der Waals surface area contributed by atoms with Gasteiger partial charge in [0.2, 0.25) is 0 Å². The van der Waals surface area contributed by atoms with Gasteiger partial charge >= 0.3 is 0 Å². The maximum Gasteiger partial charge on any atom is 0.0538 e. The van der Waals surface area contributed by atoms with Crippen molar-refractivity contribution >= 4 is 6.20 Å². The van der Waals surface area contributed by atoms with E-state index >= 15 is 0 Å². The number of aromatic nitrogens is 4. The number of hydrogen-bond donors (Lipinski definition) is 2. The van der Waals surface area contributed by atoms with Crippen molar-refractivity contribution in [3.05, 3.63) is 42.0 Å². The molecule has 18 heavy (non-hydrogen) atoms. The van der Waals surface area contributed by atoms with E-state index in [2.05, 4.69) is 34.1 Å². The van der Waals surface area contributed by atoms with Crippen LogP contribution in [0.1, 0.15) is 23.2 Å². The van der Waals surface area contributed by atoms with Crippen molar-refractivity contribution in [2.24, 2.45) is 0 Å². The number of hydrogen-bond acceptors (Lipinski definition) is 3. The minimum absolute atomic E-state index is 0.845. The molecule has 0 bridgehead atoms. The van der Waals surface area contributed by atoms with Gasteiger partial charge in [-0.25, -0.2) is 4.68 Å². The standard InChI is InChI=1S/C13H19N5/c1-3-18-10-12(8-16-18)7-14-6-4-5-13-9-15-17-11(13)2/h3,8-10,14H,1,4-7H2,2H3,(H,15,17). The second-order valence-electron chi connectivity index (χ2n) is 4.31. The van der Waals surface area contributed by atoms with Crippen LogP contribution >= 0.6 is 0 Å². The second-order valence-corrected chi connectivity index (χ2v) is 4.31. The Kier molecular flexibility index (Phi) is 4.30. The molecule has 0 fully saturated rings. The molecule has 2 aromatic heterocycles. The number of aryl methyl sites for hydroxylation is 2. The zero-order valence-corrected chi connectivity index (χ0v) is 10.7. The van der Waals surface area contributed by atoms with Crippen LogP contribution in [0, 0.1) is 6.92 Å². The molecule has 0 spiro atoms. The molecule has 96 valence electrons. The monoisotopic (exact) mass is 245 g/mol. The van der Waals surface area contributed by atoms with Gasteiger partial charge in [0.25, 0.3) is 0 Å². The molecule has 0 saturated carbocycles. The van der Waals surface area contributed by atoms with E-state index in [1.807, 2.05) is 18.6 Å². The van der Waals surface area contributed by atoms with E-state index < -0.39 is 0 Å². The van der Waals surface area contributed by atoms with Crippen LogP contribution in [0.15, 0.2) is 25.2 Å². The summed E-state index contributed by atoms with van der Waals surface area (Å²) in [4.78, 5) is 0. The minimum Gasteiger partial charge on any atom is -0.313 e. The molecule has 2 heterocycles. The zero-order valence-electron chi connectivity index (χ0n) is 10.7. The highest BCUT2D eigenvalue weighted by Crippen LogP contribution is 2.05. The van der Waals surface area contributed by atoms with Gasteiger partial charge in [-0.2, -0.15) is 10.2 Å². The van der Waals surface area contributed by atoms with E-state index in [9.17, 15) is 0 Å². The lowest BCUT2D eigenvalue weighted by atomic mass is 10.1. The van der Waals surface area contributed by atoms with Crippen molar-refractivity contribution < 1.29 is 0 Å². The number of rotatable bonds is 7. The summed E-state index contributed by atoms with van der Waals surface area (Å²) in [5.41, 5.74) is 3.65. The fraction of sp³-hybridized carbons (Fsp3) is 0.385. The Morgan fingerprint density at radius 3 is 3.06 bits per heavy atom. The quantitative estimate of drug-likeness (QED) is 0.730. The average Bonchev–Trinajstić information content (AvgIpc) is 2.98. The van der Waals surface area contributed by atoms with Crippen LogP contribution in [-0.2, 0) is 13.0 Å². The Balaban J connectivity index is 1.64. The van der Waals surface area contributed by atoms with Crippen molar-refractivity contribution in [2.75, 3.05) is 6.54 Å². The van der Waals surface area contributed by atoms with E-state index in [1.165, 1.54) is 16.8 Å². The molecule has 2 N–H and O–H groups in total. The van der Waals surface area contributed by atoms with Crippen LogP contribution in [0.4, 0.5) is 0 Å². The van der Waals surface area contributed by atoms with E-state index in [1.54, 1.807) is 10.9 Å². The second kappa shape index (κ2) is 6.16. The van der Waals surface area contributed by atoms with Gasteiger partial charge in [0.05, 0.1) is 12.4 Å². The molecule has 0 unspecified atom stereocenters. The Hall–Kier alpha value is -1.88. The van der Waals surface area contributed by atoms with Crippen LogP contribution in [-0.4, -0.2) is 26.5 Å². The van der Waals surface area contributed by atoms with Crippen molar-refractivity contribution in [3.63, 3.8) is 0 Å². The highest BCUT2D eigenvalue weighted by Gasteiger charge is 2.00. The number of nitrogens with one attached hydrogen (secondary N) is 2. The van der Waals surface area contributed by atoms with Gasteiger partial charge in [-0.15, -0.1) is 0 Å². The van der Waals surface area contributed by atoms with Crippen LogP contribution in [0.3, 0.4) is 0 Å². The number of aromatic amines is 1. The van der Waals surface area contributed by atoms with Crippen LogP contribution in [0.25, 0.3) is 6.20 Å². The smallest absolute Gasteiger partial charge is 0.0538 e. The molecule has 0 radical (unpaired) electrons. The van der Waals surface area contributed by atoms with Crippen molar-refractivity contribution in [3.8, 4) is 0 Å². The SMILES string of the molecule is C=Cn1cc(CNCCCc2cn[nH]c2C)cn1. The summed E-state index contributed by atoms with van der Waals surface area (Å²) in [5.74, 6) is 0. The largest absolute Gasteiger partial charge is 0.313 e. The van der Waals surface area contributed by atoms with Gasteiger partial charge in [0, 0.05) is 30.2 Å². The molecule has 0 aliphatic carbocycles. The topological polar surface area (TPSA) is 58.5 Å². The van der Waals surface area contributed by atoms with Crippen molar-refractivity contribution in [1.29, 1.82) is 0 Å². The maximum absolute atomic E-state index is 4.13. The highest BCUT2D eigenvalue weighted by molar-refractivity contribution is 5.17. The van der Waals surface area contributed by atoms with Gasteiger partial charge < -0.3 is 5.32 Å². The molecule has 2 aromatic rings. The molecule has 0 aromatic carbocycles. The Morgan fingerprint density at radius 1 is 1.50 bits per heavy atom. The molecule has 2 rings (SSSR count). The van der Waals surface area contributed by atoms with Gasteiger partial charge in [-0.1, -0.05) is 6.58 Å². The first-order valence-electron chi connectivity index (χ1n) is 6.14. The van der Waals surface area contributed by atoms with Gasteiger partial charge in [0.15, 0.2) is 0 Å². The van der Waals surface area contributed by atoms with Gasteiger partial charge in [-0.3, -0.25) is 5.10 Å². The summed E-state index contributed by atoms with van der Waals surface area (Å²) in [7, 11) is 0. The lowest BCUT2D eigenvalue weighted by Crippen LogP contribution is -2.15. The predicted molar refractivity (Wildman–Crippen MR) is 72.0 cm³/mol. The summed E-state index contributed by atoms with van der Waals surface area (Å²) < 4.78 is 1.71. The summed E-state index contributed by atoms with van der Waals surface area (Å²) >= 11 is 0. The number of nitrogens with zero attached hydrogens (tertiary/aromatic N) is 3. The predicted octanol–water partition coefficient (Wildman–Crippen LogP) is 1.74. The van der Waals surface area contributed by atoms with Crippen LogP contribution in [0.2, 0.25) is 0 Å². The molecule has 5 nitrogen and oxygen atoms in total. The van der Waals surface area contributed by atoms with E-state index in [0.717, 1.165) is 25.9 Å². The van der Waals surface area contributed by atoms with Crippen molar-refractivity contribution in [1.82, 2.24) is 25.3 Å². The average molecular weight is 245 g/mol. The van der Waals surface area contributed by atoms with Crippen LogP contribution in [0.5, 0.6) is 0 Å². The maximum atomic E-state index is 4.13. The fourth-order valence-electron chi connectivity index (χ4n) is 1.83. The third kappa shape index (κ3) is 3.30. The summed E-state index contributed by atoms with van der Waals surface area (Å²) in [6.07, 6.45) is 9.58. The minimum atomic E-state index is 0.845. The summed E-state index contributed by atoms with van der Waals surface area (Å²) in [6, 6.07) is 0. The number of H-pyrrole nitrogens is 1. The van der Waals surface area contributed by atoms with Gasteiger partial charge in [-0.05, 0) is 31.9 Å². The fourth-order valence-corrected chi connectivity index (χ4v) is 1.83. The molecule has 0 amide bonds. The van der Waals surface area contributed by atoms with Gasteiger partial charge in [0.1, 0.15) is 0 Å². The molecule has 0 saturated heterocycles. The highest BCUT2D eigenvalue weighted by atomic mass is 15.2. The molecule has 0 atom stereocenters. The molecule has 0 aliphatic rings. The lowest BCUT2D eigenvalue weighted by Gasteiger charge is -2.02. The Bertz CT molecular complexity index is 497. The third-order valence-electron chi connectivity index (χ3n) is 2.91. The summed E-state index contributed by atoms with van der Waals surface area (Å²) in [5, 5.41) is 14.5. The first-order valence-corrected chi connectivity index (χ1v) is 6.14. The summed E-state index contributed by atoms with van der Waals surface area (Å²) in [6.45, 7) is 7.55. The molecule has 0 aliphatic heterocycles. The molecular weight excluding hydrogens is 226 g/mol. The van der Waals surface area contributed by atoms with E-state index in [0.29, 0.717) is 0 Å². The zero-order chi connectivity index (χ0) is 12.8. The van der Waals surface area contributed by atoms with E-state index in [-0.39, 0.29) is 0 Å². The van der Waals surface area contributed by atoms with E-state index in [4.69, 9.17) is 0 Å². The van der Waals surface area contributed by atoms with Crippen LogP contribution < -0.4 is 5.32 Å². The first kappa shape index (κ1) is 12.6. The molecular formula is C13H19N5. The Morgan fingerprint density at radius 2 is 2.39 bits per heavy atom. The normalized spacial score (nSPS) is 10.7. The molecule has 5 heteroatoms.